The molecule has 1 N–H and O–H groups in total. The molecule has 0 unspecified atom stereocenters. The number of rotatable bonds is 7. The molecule has 142 valence electrons. The maximum atomic E-state index is 11.9. The number of halogens is 2. The summed E-state index contributed by atoms with van der Waals surface area (Å²) in [7, 11) is 0. The molecule has 2 aromatic carbocycles. The van der Waals surface area contributed by atoms with E-state index in [4.69, 9.17) is 32.7 Å². The highest BCUT2D eigenvalue weighted by molar-refractivity contribution is 6.35. The number of esters is 2. The quantitative estimate of drug-likeness (QED) is 0.701. The number of hydrogen-bond acceptors (Lipinski definition) is 5. The zero-order valence-electron chi connectivity index (χ0n) is 14.5. The third-order valence-corrected chi connectivity index (χ3v) is 3.98. The lowest BCUT2D eigenvalue weighted by Crippen LogP contribution is -2.21. The Hall–Kier alpha value is -2.57. The molecule has 0 atom stereocenters. The molecule has 0 heterocycles. The van der Waals surface area contributed by atoms with Gasteiger partial charge in [-0.05, 0) is 48.9 Å². The number of ether oxygens (including phenoxy) is 2. The van der Waals surface area contributed by atoms with Gasteiger partial charge in [-0.2, -0.15) is 0 Å². The lowest BCUT2D eigenvalue weighted by molar-refractivity contribution is -0.146. The van der Waals surface area contributed by atoms with Gasteiger partial charge in [-0.15, -0.1) is 0 Å². The molecule has 0 bridgehead atoms. The molecule has 0 aliphatic heterocycles. The van der Waals surface area contributed by atoms with Crippen molar-refractivity contribution in [2.24, 2.45) is 0 Å². The van der Waals surface area contributed by atoms with Gasteiger partial charge in [-0.3, -0.25) is 9.59 Å². The van der Waals surface area contributed by atoms with Crippen molar-refractivity contribution in [1.82, 2.24) is 0 Å². The Kier molecular flexibility index (Phi) is 7.64. The largest absolute Gasteiger partial charge is 0.462 e. The molecule has 0 radical (unpaired) electrons. The van der Waals surface area contributed by atoms with E-state index >= 15 is 0 Å². The van der Waals surface area contributed by atoms with Gasteiger partial charge in [0.15, 0.2) is 6.61 Å². The van der Waals surface area contributed by atoms with Gasteiger partial charge in [0.1, 0.15) is 0 Å². The van der Waals surface area contributed by atoms with E-state index in [1.807, 2.05) is 0 Å². The smallest absolute Gasteiger partial charge is 0.338 e. The number of carbonyl (C=O) groups excluding carboxylic acids is 3. The van der Waals surface area contributed by atoms with Crippen LogP contribution in [-0.4, -0.2) is 31.1 Å². The van der Waals surface area contributed by atoms with Crippen molar-refractivity contribution in [3.05, 3.63) is 63.6 Å². The summed E-state index contributed by atoms with van der Waals surface area (Å²) in [6.07, 6.45) is -0.0719. The van der Waals surface area contributed by atoms with Gasteiger partial charge in [0.2, 0.25) is 0 Å². The Morgan fingerprint density at radius 1 is 1.00 bits per heavy atom. The number of benzene rings is 2. The van der Waals surface area contributed by atoms with Crippen LogP contribution in [0.4, 0.5) is 5.69 Å². The average Bonchev–Trinajstić information content (AvgIpc) is 2.63. The van der Waals surface area contributed by atoms with E-state index in [0.717, 1.165) is 0 Å². The summed E-state index contributed by atoms with van der Waals surface area (Å²) in [5.74, 6) is -1.54. The Balaban J connectivity index is 1.81. The maximum Gasteiger partial charge on any atom is 0.338 e. The van der Waals surface area contributed by atoms with Crippen molar-refractivity contribution < 1.29 is 23.9 Å². The van der Waals surface area contributed by atoms with Crippen LogP contribution in [0.15, 0.2) is 42.5 Å². The number of carbonyl (C=O) groups is 3. The van der Waals surface area contributed by atoms with Crippen LogP contribution in [0.5, 0.6) is 0 Å². The number of nitrogens with one attached hydrogen (secondary N) is 1. The van der Waals surface area contributed by atoms with E-state index < -0.39 is 24.5 Å². The standard InChI is InChI=1S/C19H17Cl2NO5/c1-2-26-19(25)12-4-7-15(8-5-12)22-17(23)11-27-18(24)9-13-3-6-14(20)10-16(13)21/h3-8,10H,2,9,11H2,1H3,(H,22,23). The van der Waals surface area contributed by atoms with Crippen molar-refractivity contribution in [2.45, 2.75) is 13.3 Å². The predicted octanol–water partition coefficient (Wildman–Crippen LogP) is 3.89. The molecule has 1 amide bonds. The summed E-state index contributed by atoms with van der Waals surface area (Å²) in [5, 5.41) is 3.38. The Labute approximate surface area is 166 Å². The molecule has 0 aromatic heterocycles. The molecule has 6 nitrogen and oxygen atoms in total. The second kappa shape index (κ2) is 9.94. The SMILES string of the molecule is CCOC(=O)c1ccc(NC(=O)COC(=O)Cc2ccc(Cl)cc2Cl)cc1. The molecule has 2 aromatic rings. The van der Waals surface area contributed by atoms with Crippen LogP contribution < -0.4 is 5.32 Å². The lowest BCUT2D eigenvalue weighted by atomic mass is 10.1. The third kappa shape index (κ3) is 6.58. The molecule has 27 heavy (non-hydrogen) atoms. The van der Waals surface area contributed by atoms with E-state index in [1.165, 1.54) is 18.2 Å². The van der Waals surface area contributed by atoms with E-state index in [-0.39, 0.29) is 13.0 Å². The monoisotopic (exact) mass is 409 g/mol. The zero-order chi connectivity index (χ0) is 19.8. The zero-order valence-corrected chi connectivity index (χ0v) is 16.0. The van der Waals surface area contributed by atoms with Gasteiger partial charge in [-0.1, -0.05) is 29.3 Å². The van der Waals surface area contributed by atoms with Gasteiger partial charge in [0.25, 0.3) is 5.91 Å². The van der Waals surface area contributed by atoms with Crippen LogP contribution in [-0.2, 0) is 25.5 Å². The fourth-order valence-corrected chi connectivity index (χ4v) is 2.59. The highest BCUT2D eigenvalue weighted by Crippen LogP contribution is 2.21. The second-order valence-electron chi connectivity index (χ2n) is 5.42. The summed E-state index contributed by atoms with van der Waals surface area (Å²) in [5.41, 5.74) is 1.40. The maximum absolute atomic E-state index is 11.9. The van der Waals surface area contributed by atoms with Gasteiger partial charge < -0.3 is 14.8 Å². The van der Waals surface area contributed by atoms with Gasteiger partial charge in [0.05, 0.1) is 18.6 Å². The van der Waals surface area contributed by atoms with Gasteiger partial charge in [0, 0.05) is 15.7 Å². The van der Waals surface area contributed by atoms with E-state index in [9.17, 15) is 14.4 Å². The van der Waals surface area contributed by atoms with Gasteiger partial charge in [-0.25, -0.2) is 4.79 Å². The van der Waals surface area contributed by atoms with Crippen molar-refractivity contribution in [3.63, 3.8) is 0 Å². The molecule has 0 fully saturated rings. The average molecular weight is 410 g/mol. The number of hydrogen-bond donors (Lipinski definition) is 1. The molecule has 0 aliphatic carbocycles. The van der Waals surface area contributed by atoms with Crippen LogP contribution >= 0.6 is 23.2 Å². The fraction of sp³-hybridized carbons (Fsp3) is 0.211. The van der Waals surface area contributed by atoms with Crippen molar-refractivity contribution in [3.8, 4) is 0 Å². The van der Waals surface area contributed by atoms with Gasteiger partial charge >= 0.3 is 11.9 Å². The van der Waals surface area contributed by atoms with Crippen molar-refractivity contribution >= 4 is 46.7 Å². The third-order valence-electron chi connectivity index (χ3n) is 3.39. The summed E-state index contributed by atoms with van der Waals surface area (Å²) < 4.78 is 9.82. The number of anilines is 1. The molecule has 0 aliphatic rings. The number of amides is 1. The lowest BCUT2D eigenvalue weighted by Gasteiger charge is -2.08. The van der Waals surface area contributed by atoms with Crippen molar-refractivity contribution in [2.75, 3.05) is 18.5 Å². The molecular formula is C19H17Cl2NO5. The fourth-order valence-electron chi connectivity index (χ4n) is 2.12. The van der Waals surface area contributed by atoms with E-state index in [2.05, 4.69) is 5.32 Å². The first-order chi connectivity index (χ1) is 12.9. The minimum Gasteiger partial charge on any atom is -0.462 e. The Morgan fingerprint density at radius 3 is 2.33 bits per heavy atom. The molecule has 0 spiro atoms. The first kappa shape index (κ1) is 20.7. The summed E-state index contributed by atoms with van der Waals surface area (Å²) >= 11 is 11.8. The van der Waals surface area contributed by atoms with Crippen LogP contribution in [0.25, 0.3) is 0 Å². The molecule has 0 saturated carbocycles. The van der Waals surface area contributed by atoms with Crippen LogP contribution in [0.2, 0.25) is 10.0 Å². The van der Waals surface area contributed by atoms with E-state index in [1.54, 1.807) is 31.2 Å². The Bertz CT molecular complexity index is 836. The molecule has 8 heteroatoms. The van der Waals surface area contributed by atoms with E-state index in [0.29, 0.717) is 26.9 Å². The predicted molar refractivity (Wildman–Crippen MR) is 102 cm³/mol. The summed E-state index contributed by atoms with van der Waals surface area (Å²) in [6, 6.07) is 10.9. The second-order valence-corrected chi connectivity index (χ2v) is 6.26. The summed E-state index contributed by atoms with van der Waals surface area (Å²) in [6.45, 7) is 1.56. The summed E-state index contributed by atoms with van der Waals surface area (Å²) in [4.78, 5) is 35.3. The highest BCUT2D eigenvalue weighted by atomic mass is 35.5. The molecule has 0 saturated heterocycles. The molecule has 2 rings (SSSR count). The minimum atomic E-state index is -0.591. The minimum absolute atomic E-state index is 0.0719. The normalized spacial score (nSPS) is 10.2. The highest BCUT2D eigenvalue weighted by Gasteiger charge is 2.12. The van der Waals surface area contributed by atoms with Crippen molar-refractivity contribution in [1.29, 1.82) is 0 Å². The topological polar surface area (TPSA) is 81.7 Å². The van der Waals surface area contributed by atoms with Crippen LogP contribution in [0, 0.1) is 0 Å². The first-order valence-electron chi connectivity index (χ1n) is 8.05. The molecular weight excluding hydrogens is 393 g/mol. The van der Waals surface area contributed by atoms with Crippen LogP contribution in [0.3, 0.4) is 0 Å². The first-order valence-corrected chi connectivity index (χ1v) is 8.81. The Morgan fingerprint density at radius 2 is 1.70 bits per heavy atom. The van der Waals surface area contributed by atoms with Crippen LogP contribution in [0.1, 0.15) is 22.8 Å².